The molecule has 0 unspecified atom stereocenters. The molecule has 102 valence electrons. The fourth-order valence-corrected chi connectivity index (χ4v) is 3.64. The van der Waals surface area contributed by atoms with Gasteiger partial charge in [0.2, 0.25) is 0 Å². The number of nitrogens with one attached hydrogen (secondary N) is 1. The second kappa shape index (κ2) is 5.89. The molecule has 2 rings (SSSR count). The van der Waals surface area contributed by atoms with Gasteiger partial charge in [-0.3, -0.25) is 4.79 Å². The van der Waals surface area contributed by atoms with E-state index in [2.05, 4.69) is 37.1 Å². The van der Waals surface area contributed by atoms with Crippen LogP contribution in [0.25, 0.3) is 0 Å². The number of nitrogen functional groups attached to an aromatic ring is 1. The predicted molar refractivity (Wildman–Crippen MR) is 84.0 cm³/mol. The maximum atomic E-state index is 11.8. The summed E-state index contributed by atoms with van der Waals surface area (Å²) >= 11 is 6.31. The minimum Gasteiger partial charge on any atom is -0.382 e. The van der Waals surface area contributed by atoms with Gasteiger partial charge in [-0.25, -0.2) is 0 Å². The predicted octanol–water partition coefficient (Wildman–Crippen LogP) is 2.55. The Hall–Kier alpha value is -1.12. The van der Waals surface area contributed by atoms with Crippen LogP contribution >= 0.6 is 38.8 Å². The van der Waals surface area contributed by atoms with E-state index in [0.29, 0.717) is 12.1 Å². The maximum absolute atomic E-state index is 11.8. The number of rotatable bonds is 4. The maximum Gasteiger partial charge on any atom is 0.257 e. The van der Waals surface area contributed by atoms with Crippen molar-refractivity contribution in [3.8, 4) is 0 Å². The van der Waals surface area contributed by atoms with Crippen molar-refractivity contribution in [1.82, 2.24) is 9.69 Å². The summed E-state index contributed by atoms with van der Waals surface area (Å²) in [5.41, 5.74) is 7.38. The fourth-order valence-electron chi connectivity index (χ4n) is 1.67. The molecule has 2 aromatic rings. The summed E-state index contributed by atoms with van der Waals surface area (Å²) in [6.07, 6.45) is 0. The van der Waals surface area contributed by atoms with E-state index >= 15 is 0 Å². The van der Waals surface area contributed by atoms with Crippen LogP contribution in [0.15, 0.2) is 15.2 Å². The molecule has 0 aliphatic rings. The molecule has 5 nitrogen and oxygen atoms in total. The van der Waals surface area contributed by atoms with Crippen LogP contribution in [-0.4, -0.2) is 24.4 Å². The molecule has 19 heavy (non-hydrogen) atoms. The van der Waals surface area contributed by atoms with Crippen LogP contribution in [0.1, 0.15) is 15.9 Å². The number of halogens is 1. The lowest BCUT2D eigenvalue weighted by Crippen LogP contribution is -2.23. The normalized spacial score (nSPS) is 10.5. The van der Waals surface area contributed by atoms with Gasteiger partial charge in [0.15, 0.2) is 5.82 Å². The van der Waals surface area contributed by atoms with Crippen LogP contribution in [0.5, 0.6) is 0 Å². The van der Waals surface area contributed by atoms with Crippen LogP contribution < -0.4 is 16.0 Å². The van der Waals surface area contributed by atoms with Gasteiger partial charge >= 0.3 is 0 Å². The third-order valence-electron chi connectivity index (χ3n) is 2.54. The van der Waals surface area contributed by atoms with Gasteiger partial charge < -0.3 is 16.0 Å². The molecule has 0 saturated heterocycles. The quantitative estimate of drug-likeness (QED) is 0.878. The standard InChI is InChI=1S/C11H13BrN4OS2/c1-14-10(17)8-9(13)15-19-11(8)16(2)4-6-3-7(12)18-5-6/h3,5H,4H2,1-2H3,(H2,13,15)(H,14,17). The average molecular weight is 361 g/mol. The molecule has 0 aliphatic heterocycles. The van der Waals surface area contributed by atoms with Gasteiger partial charge in [0.05, 0.1) is 3.79 Å². The van der Waals surface area contributed by atoms with Crippen LogP contribution in [0.3, 0.4) is 0 Å². The molecule has 3 N–H and O–H groups in total. The van der Waals surface area contributed by atoms with Gasteiger partial charge in [0.1, 0.15) is 10.6 Å². The number of hydrogen-bond donors (Lipinski definition) is 2. The summed E-state index contributed by atoms with van der Waals surface area (Å²) < 4.78 is 5.15. The molecule has 0 bridgehead atoms. The van der Waals surface area contributed by atoms with E-state index < -0.39 is 0 Å². The zero-order chi connectivity index (χ0) is 14.0. The third kappa shape index (κ3) is 3.07. The first-order chi connectivity index (χ1) is 9.02. The molecule has 8 heteroatoms. The van der Waals surface area contributed by atoms with Crippen LogP contribution in [0.2, 0.25) is 0 Å². The van der Waals surface area contributed by atoms with Gasteiger partial charge in [-0.15, -0.1) is 11.3 Å². The summed E-state index contributed by atoms with van der Waals surface area (Å²) in [6, 6.07) is 2.06. The molecule has 2 heterocycles. The van der Waals surface area contributed by atoms with Gasteiger partial charge in [-0.2, -0.15) is 4.37 Å². The Morgan fingerprint density at radius 3 is 2.95 bits per heavy atom. The summed E-state index contributed by atoms with van der Waals surface area (Å²) in [7, 11) is 3.50. The van der Waals surface area contributed by atoms with Crippen LogP contribution in [-0.2, 0) is 6.54 Å². The van der Waals surface area contributed by atoms with Crippen molar-refractivity contribution in [3.63, 3.8) is 0 Å². The number of amides is 1. The molecule has 0 fully saturated rings. The van der Waals surface area contributed by atoms with Gasteiger partial charge in [-0.1, -0.05) is 0 Å². The summed E-state index contributed by atoms with van der Waals surface area (Å²) in [5, 5.41) is 5.44. The second-order valence-corrected chi connectivity index (χ2v) is 6.98. The Labute approximate surface area is 127 Å². The zero-order valence-corrected chi connectivity index (χ0v) is 13.7. The van der Waals surface area contributed by atoms with Crippen molar-refractivity contribution < 1.29 is 4.79 Å². The van der Waals surface area contributed by atoms with E-state index in [-0.39, 0.29) is 11.7 Å². The number of hydrogen-bond acceptors (Lipinski definition) is 6. The van der Waals surface area contributed by atoms with Crippen LogP contribution in [0.4, 0.5) is 10.8 Å². The Kier molecular flexibility index (Phi) is 4.43. The highest BCUT2D eigenvalue weighted by Gasteiger charge is 2.21. The highest BCUT2D eigenvalue weighted by Crippen LogP contribution is 2.31. The fraction of sp³-hybridized carbons (Fsp3) is 0.273. The first-order valence-corrected chi connectivity index (χ1v) is 7.88. The average Bonchev–Trinajstić information content (AvgIpc) is 2.94. The second-order valence-electron chi connectivity index (χ2n) is 3.94. The third-order valence-corrected chi connectivity index (χ3v) is 5.07. The van der Waals surface area contributed by atoms with Gasteiger partial charge in [0, 0.05) is 20.6 Å². The minimum atomic E-state index is -0.209. The van der Waals surface area contributed by atoms with Crippen molar-refractivity contribution >= 4 is 55.5 Å². The smallest absolute Gasteiger partial charge is 0.257 e. The molecule has 0 saturated carbocycles. The van der Waals surface area contributed by atoms with Crippen molar-refractivity contribution in [2.75, 3.05) is 24.7 Å². The van der Waals surface area contributed by atoms with Gasteiger partial charge in [0.25, 0.3) is 5.91 Å². The summed E-state index contributed by atoms with van der Waals surface area (Å²) in [5.74, 6) is 0.0669. The molecular weight excluding hydrogens is 348 g/mol. The largest absolute Gasteiger partial charge is 0.382 e. The molecule has 0 atom stereocenters. The SMILES string of the molecule is CNC(=O)c1c(N)nsc1N(C)Cc1csc(Br)c1. The lowest BCUT2D eigenvalue weighted by Gasteiger charge is -2.17. The molecule has 0 spiro atoms. The Bertz CT molecular complexity index is 595. The Morgan fingerprint density at radius 2 is 2.37 bits per heavy atom. The van der Waals surface area contributed by atoms with E-state index in [9.17, 15) is 4.79 Å². The van der Waals surface area contributed by atoms with Crippen LogP contribution in [0, 0.1) is 0 Å². The topological polar surface area (TPSA) is 71.2 Å². The molecule has 1 amide bonds. The van der Waals surface area contributed by atoms with E-state index in [4.69, 9.17) is 5.73 Å². The molecule has 0 aliphatic carbocycles. The first-order valence-electron chi connectivity index (χ1n) is 5.44. The number of nitrogens with zero attached hydrogens (tertiary/aromatic N) is 2. The summed E-state index contributed by atoms with van der Waals surface area (Å²) in [4.78, 5) is 13.8. The van der Waals surface area contributed by atoms with Crippen molar-refractivity contribution in [2.45, 2.75) is 6.54 Å². The lowest BCUT2D eigenvalue weighted by molar-refractivity contribution is 0.0964. The first kappa shape index (κ1) is 14.3. The zero-order valence-electron chi connectivity index (χ0n) is 10.4. The number of carbonyl (C=O) groups is 1. The van der Waals surface area contributed by atoms with Crippen molar-refractivity contribution in [1.29, 1.82) is 0 Å². The molecular formula is C11H13BrN4OS2. The van der Waals surface area contributed by atoms with E-state index in [1.165, 1.54) is 17.1 Å². The monoisotopic (exact) mass is 360 g/mol. The minimum absolute atomic E-state index is 0.209. The van der Waals surface area contributed by atoms with E-state index in [1.54, 1.807) is 18.4 Å². The Balaban J connectivity index is 2.24. The number of nitrogens with two attached hydrogens (primary N) is 1. The number of thiophene rings is 1. The molecule has 0 radical (unpaired) electrons. The lowest BCUT2D eigenvalue weighted by atomic mass is 10.2. The Morgan fingerprint density at radius 1 is 1.63 bits per heavy atom. The highest BCUT2D eigenvalue weighted by molar-refractivity contribution is 9.11. The molecule has 0 aromatic carbocycles. The van der Waals surface area contributed by atoms with Crippen molar-refractivity contribution in [2.24, 2.45) is 0 Å². The van der Waals surface area contributed by atoms with E-state index in [1.807, 2.05) is 11.9 Å². The number of aromatic nitrogens is 1. The highest BCUT2D eigenvalue weighted by atomic mass is 79.9. The number of carbonyl (C=O) groups excluding carboxylic acids is 1. The molecule has 2 aromatic heterocycles. The van der Waals surface area contributed by atoms with E-state index in [0.717, 1.165) is 8.79 Å². The summed E-state index contributed by atoms with van der Waals surface area (Å²) in [6.45, 7) is 0.702. The van der Waals surface area contributed by atoms with Crippen molar-refractivity contribution in [3.05, 3.63) is 26.4 Å². The van der Waals surface area contributed by atoms with Gasteiger partial charge in [-0.05, 0) is 44.5 Å². The number of anilines is 2.